The molecule has 2 N–H and O–H groups in total. The molecular weight excluding hydrogens is 338 g/mol. The van der Waals surface area contributed by atoms with Crippen LogP contribution in [0.1, 0.15) is 16.1 Å². The highest BCUT2D eigenvalue weighted by molar-refractivity contribution is 6.07. The van der Waals surface area contributed by atoms with Crippen LogP contribution in [0, 0.1) is 0 Å². The largest absolute Gasteiger partial charge is 0.508 e. The molecule has 4 rings (SSSR count). The Kier molecular flexibility index (Phi) is 4.49. The minimum absolute atomic E-state index is 0.181. The second kappa shape index (κ2) is 7.25. The van der Waals surface area contributed by atoms with Crippen molar-refractivity contribution >= 4 is 16.8 Å². The van der Waals surface area contributed by atoms with Gasteiger partial charge in [-0.2, -0.15) is 0 Å². The fourth-order valence-corrected chi connectivity index (χ4v) is 2.91. The molecular formula is C22H17N3O2. The molecule has 0 bridgehead atoms. The molecule has 27 heavy (non-hydrogen) atoms. The molecule has 1 amide bonds. The number of hydrogen-bond donors (Lipinski definition) is 2. The maximum atomic E-state index is 12.9. The van der Waals surface area contributed by atoms with Crippen LogP contribution < -0.4 is 5.32 Å². The summed E-state index contributed by atoms with van der Waals surface area (Å²) >= 11 is 0. The summed E-state index contributed by atoms with van der Waals surface area (Å²) in [5.74, 6) is 0.00662. The number of carbonyl (C=O) groups is 1. The number of fused-ring (bicyclic) bond motifs is 1. The number of carbonyl (C=O) groups excluding carboxylic acids is 1. The number of nitrogens with zero attached hydrogens (tertiary/aromatic N) is 2. The molecule has 0 unspecified atom stereocenters. The number of nitrogens with one attached hydrogen (secondary N) is 1. The zero-order valence-electron chi connectivity index (χ0n) is 14.5. The summed E-state index contributed by atoms with van der Waals surface area (Å²) in [7, 11) is 0. The van der Waals surface area contributed by atoms with Crippen LogP contribution in [0.25, 0.3) is 22.2 Å². The van der Waals surface area contributed by atoms with Gasteiger partial charge >= 0.3 is 0 Å². The van der Waals surface area contributed by atoms with Gasteiger partial charge in [-0.25, -0.2) is 4.98 Å². The fourth-order valence-electron chi connectivity index (χ4n) is 2.91. The first-order valence-corrected chi connectivity index (χ1v) is 8.58. The Morgan fingerprint density at radius 3 is 2.52 bits per heavy atom. The van der Waals surface area contributed by atoms with E-state index >= 15 is 0 Å². The van der Waals surface area contributed by atoms with Crippen molar-refractivity contribution in [1.82, 2.24) is 15.3 Å². The third-order valence-electron chi connectivity index (χ3n) is 4.28. The normalized spacial score (nSPS) is 10.7. The van der Waals surface area contributed by atoms with Crippen LogP contribution in [-0.2, 0) is 6.54 Å². The van der Waals surface area contributed by atoms with E-state index in [0.29, 0.717) is 17.8 Å². The maximum absolute atomic E-state index is 12.9. The summed E-state index contributed by atoms with van der Waals surface area (Å²) in [5.41, 5.74) is 3.60. The Hall–Kier alpha value is -3.73. The second-order valence-electron chi connectivity index (χ2n) is 6.12. The highest BCUT2D eigenvalue weighted by Crippen LogP contribution is 2.26. The second-order valence-corrected chi connectivity index (χ2v) is 6.12. The summed E-state index contributed by atoms with van der Waals surface area (Å²) in [6.45, 7) is 0.352. The molecule has 2 heterocycles. The van der Waals surface area contributed by atoms with Gasteiger partial charge < -0.3 is 10.4 Å². The SMILES string of the molecule is O=C(NCc1ccccn1)c1cc(-c2ccc(O)cc2)nc2ccccc12. The molecule has 132 valence electrons. The zero-order chi connectivity index (χ0) is 18.6. The number of phenols is 1. The van der Waals surface area contributed by atoms with E-state index in [0.717, 1.165) is 22.2 Å². The van der Waals surface area contributed by atoms with E-state index in [-0.39, 0.29) is 11.7 Å². The maximum Gasteiger partial charge on any atom is 0.252 e. The molecule has 0 fully saturated rings. The van der Waals surface area contributed by atoms with Gasteiger partial charge in [-0.1, -0.05) is 24.3 Å². The Bertz CT molecular complexity index is 1090. The number of aromatic nitrogens is 2. The van der Waals surface area contributed by atoms with Gasteiger partial charge in [0.15, 0.2) is 0 Å². The zero-order valence-corrected chi connectivity index (χ0v) is 14.5. The van der Waals surface area contributed by atoms with Crippen molar-refractivity contribution in [2.24, 2.45) is 0 Å². The lowest BCUT2D eigenvalue weighted by Crippen LogP contribution is -2.23. The van der Waals surface area contributed by atoms with Gasteiger partial charge in [0.25, 0.3) is 5.91 Å². The van der Waals surface area contributed by atoms with Crippen LogP contribution in [0.15, 0.2) is 79.0 Å². The van der Waals surface area contributed by atoms with E-state index < -0.39 is 0 Å². The monoisotopic (exact) mass is 355 g/mol. The Labute approximate surface area is 156 Å². The summed E-state index contributed by atoms with van der Waals surface area (Å²) in [6.07, 6.45) is 1.70. The number of hydrogen-bond acceptors (Lipinski definition) is 4. The van der Waals surface area contributed by atoms with Crippen molar-refractivity contribution in [3.63, 3.8) is 0 Å². The van der Waals surface area contributed by atoms with E-state index in [4.69, 9.17) is 0 Å². The topological polar surface area (TPSA) is 75.1 Å². The van der Waals surface area contributed by atoms with Crippen molar-refractivity contribution < 1.29 is 9.90 Å². The van der Waals surface area contributed by atoms with Crippen molar-refractivity contribution in [3.05, 3.63) is 90.3 Å². The van der Waals surface area contributed by atoms with Crippen LogP contribution in [0.4, 0.5) is 0 Å². The predicted octanol–water partition coefficient (Wildman–Crippen LogP) is 3.93. The van der Waals surface area contributed by atoms with Gasteiger partial charge in [-0.05, 0) is 48.5 Å². The smallest absolute Gasteiger partial charge is 0.252 e. The molecule has 5 nitrogen and oxygen atoms in total. The third kappa shape index (κ3) is 3.62. The van der Waals surface area contributed by atoms with Gasteiger partial charge in [0.1, 0.15) is 5.75 Å². The molecule has 0 saturated carbocycles. The molecule has 0 aliphatic heterocycles. The van der Waals surface area contributed by atoms with E-state index in [1.54, 1.807) is 36.5 Å². The number of pyridine rings is 2. The number of para-hydroxylation sites is 1. The van der Waals surface area contributed by atoms with Gasteiger partial charge in [0.05, 0.1) is 29.0 Å². The molecule has 0 spiro atoms. The average molecular weight is 355 g/mol. The van der Waals surface area contributed by atoms with Crippen LogP contribution in [0.3, 0.4) is 0 Å². The van der Waals surface area contributed by atoms with Gasteiger partial charge in [-0.3, -0.25) is 9.78 Å². The molecule has 0 saturated heterocycles. The predicted molar refractivity (Wildman–Crippen MR) is 104 cm³/mol. The Morgan fingerprint density at radius 1 is 0.963 bits per heavy atom. The molecule has 2 aromatic carbocycles. The van der Waals surface area contributed by atoms with Gasteiger partial charge in [0.2, 0.25) is 0 Å². The average Bonchev–Trinajstić information content (AvgIpc) is 2.72. The molecule has 0 atom stereocenters. The van der Waals surface area contributed by atoms with E-state index in [1.165, 1.54) is 0 Å². The van der Waals surface area contributed by atoms with E-state index in [2.05, 4.69) is 15.3 Å². The summed E-state index contributed by atoms with van der Waals surface area (Å²) in [5, 5.41) is 13.2. The standard InChI is InChI=1S/C22H17N3O2/c26-17-10-8-15(9-11-17)21-13-19(18-6-1-2-7-20(18)25-21)22(27)24-14-16-5-3-4-12-23-16/h1-13,26H,14H2,(H,24,27). The lowest BCUT2D eigenvalue weighted by Gasteiger charge is -2.10. The van der Waals surface area contributed by atoms with Crippen molar-refractivity contribution in [2.45, 2.75) is 6.54 Å². The summed E-state index contributed by atoms with van der Waals surface area (Å²) < 4.78 is 0. The van der Waals surface area contributed by atoms with Crippen molar-refractivity contribution in [2.75, 3.05) is 0 Å². The van der Waals surface area contributed by atoms with Crippen molar-refractivity contribution in [3.8, 4) is 17.0 Å². The molecule has 0 radical (unpaired) electrons. The number of rotatable bonds is 4. The summed E-state index contributed by atoms with van der Waals surface area (Å²) in [6, 6.07) is 21.7. The quantitative estimate of drug-likeness (QED) is 0.582. The molecule has 4 aromatic rings. The van der Waals surface area contributed by atoms with Crippen LogP contribution in [0.5, 0.6) is 5.75 Å². The van der Waals surface area contributed by atoms with E-state index in [9.17, 15) is 9.90 Å². The number of benzene rings is 2. The fraction of sp³-hybridized carbons (Fsp3) is 0.0455. The first kappa shape index (κ1) is 16.7. The highest BCUT2D eigenvalue weighted by Gasteiger charge is 2.14. The minimum Gasteiger partial charge on any atom is -0.508 e. The van der Waals surface area contributed by atoms with Crippen LogP contribution >= 0.6 is 0 Å². The van der Waals surface area contributed by atoms with Gasteiger partial charge in [-0.15, -0.1) is 0 Å². The Balaban J connectivity index is 1.72. The van der Waals surface area contributed by atoms with E-state index in [1.807, 2.05) is 42.5 Å². The summed E-state index contributed by atoms with van der Waals surface area (Å²) in [4.78, 5) is 21.8. The third-order valence-corrected chi connectivity index (χ3v) is 4.28. The van der Waals surface area contributed by atoms with Gasteiger partial charge in [0, 0.05) is 17.1 Å². The van der Waals surface area contributed by atoms with Crippen LogP contribution in [0.2, 0.25) is 0 Å². The molecule has 5 heteroatoms. The minimum atomic E-state index is -0.181. The van der Waals surface area contributed by atoms with Crippen molar-refractivity contribution in [1.29, 1.82) is 0 Å². The lowest BCUT2D eigenvalue weighted by atomic mass is 10.0. The number of phenolic OH excluding ortho intramolecular Hbond substituents is 1. The lowest BCUT2D eigenvalue weighted by molar-refractivity contribution is 0.0952. The number of aromatic hydroxyl groups is 1. The van der Waals surface area contributed by atoms with Crippen LogP contribution in [-0.4, -0.2) is 21.0 Å². The number of amides is 1. The first-order valence-electron chi connectivity index (χ1n) is 8.58. The first-order chi connectivity index (χ1) is 13.2. The molecule has 0 aliphatic carbocycles. The Morgan fingerprint density at radius 2 is 1.74 bits per heavy atom. The molecule has 0 aliphatic rings. The highest BCUT2D eigenvalue weighted by atomic mass is 16.3. The molecule has 2 aromatic heterocycles.